The number of esters is 1. The summed E-state index contributed by atoms with van der Waals surface area (Å²) in [6, 6.07) is 15.7. The van der Waals surface area contributed by atoms with Crippen molar-refractivity contribution in [1.29, 1.82) is 0 Å². The van der Waals surface area contributed by atoms with Crippen molar-refractivity contribution >= 4 is 77.5 Å². The number of benzene rings is 3. The van der Waals surface area contributed by atoms with Crippen LogP contribution < -0.4 is 15.0 Å². The molecule has 0 bridgehead atoms. The lowest BCUT2D eigenvalue weighted by atomic mass is 10.2. The minimum absolute atomic E-state index is 0.215. The predicted molar refractivity (Wildman–Crippen MR) is 164 cm³/mol. The number of para-hydroxylation sites is 1. The second kappa shape index (κ2) is 12.5. The molecule has 0 aliphatic carbocycles. The van der Waals surface area contributed by atoms with Gasteiger partial charge in [-0.15, -0.1) is 0 Å². The highest BCUT2D eigenvalue weighted by molar-refractivity contribution is 9.13. The van der Waals surface area contributed by atoms with E-state index in [1.54, 1.807) is 61.5 Å². The molecule has 0 N–H and O–H groups in total. The molecule has 0 fully saturated rings. The lowest BCUT2D eigenvalue weighted by molar-refractivity contribution is -0.145. The molecule has 0 saturated carbocycles. The fraction of sp³-hybridized carbons (Fsp3) is 0.172. The Morgan fingerprint density at radius 2 is 1.88 bits per heavy atom. The summed E-state index contributed by atoms with van der Waals surface area (Å²) in [6.45, 7) is 3.83. The van der Waals surface area contributed by atoms with Crippen LogP contribution >= 0.6 is 43.5 Å². The van der Waals surface area contributed by atoms with Gasteiger partial charge in [0.2, 0.25) is 5.82 Å². The van der Waals surface area contributed by atoms with Crippen LogP contribution in [0.1, 0.15) is 19.4 Å². The van der Waals surface area contributed by atoms with Gasteiger partial charge in [-0.2, -0.15) is 9.78 Å². The van der Waals surface area contributed by atoms with Crippen molar-refractivity contribution in [3.8, 4) is 23.1 Å². The molecule has 0 atom stereocenters. The van der Waals surface area contributed by atoms with Crippen LogP contribution in [0.2, 0.25) is 5.02 Å². The molecule has 3 aromatic carbocycles. The Kier molecular flexibility index (Phi) is 8.77. The van der Waals surface area contributed by atoms with Crippen LogP contribution in [0.25, 0.3) is 33.5 Å². The molecule has 0 spiro atoms. The number of hydrogen-bond acceptors (Lipinski definition) is 8. The first kappa shape index (κ1) is 28.8. The van der Waals surface area contributed by atoms with Crippen molar-refractivity contribution < 1.29 is 23.4 Å². The number of aromatic nitrogens is 2. The average molecular weight is 704 g/mol. The monoisotopic (exact) mass is 701 g/mol. The molecule has 2 aromatic heterocycles. The van der Waals surface area contributed by atoms with Gasteiger partial charge in [0.25, 0.3) is 5.56 Å². The maximum atomic E-state index is 13.6. The average Bonchev–Trinajstić information content (AvgIpc) is 3.38. The molecule has 0 unspecified atom stereocenters. The lowest BCUT2D eigenvalue weighted by Gasteiger charge is -2.16. The molecule has 0 aliphatic heterocycles. The molecule has 5 aromatic rings. The number of halogens is 3. The lowest BCUT2D eigenvalue weighted by Crippen LogP contribution is -2.20. The molecule has 0 amide bonds. The van der Waals surface area contributed by atoms with Gasteiger partial charge in [0.15, 0.2) is 23.9 Å². The smallest absolute Gasteiger partial charge is 0.344 e. The van der Waals surface area contributed by atoms with E-state index in [9.17, 15) is 9.59 Å². The zero-order valence-electron chi connectivity index (χ0n) is 21.8. The second-order valence-electron chi connectivity index (χ2n) is 8.55. The maximum absolute atomic E-state index is 13.6. The molecule has 12 heteroatoms. The van der Waals surface area contributed by atoms with E-state index in [1.165, 1.54) is 10.9 Å². The van der Waals surface area contributed by atoms with Crippen LogP contribution in [0, 0.1) is 0 Å². The number of furan rings is 1. The van der Waals surface area contributed by atoms with Crippen molar-refractivity contribution in [2.75, 3.05) is 19.8 Å². The first-order chi connectivity index (χ1) is 19.8. The van der Waals surface area contributed by atoms with E-state index in [1.807, 2.05) is 6.92 Å². The minimum atomic E-state index is -0.507. The second-order valence-corrected chi connectivity index (χ2v) is 10.6. The molecular formula is C29H22Br2ClN3O6. The van der Waals surface area contributed by atoms with Gasteiger partial charge in [0.05, 0.1) is 34.8 Å². The highest BCUT2D eigenvalue weighted by Gasteiger charge is 2.20. The number of nitrogens with zero attached hydrogens (tertiary/aromatic N) is 3. The van der Waals surface area contributed by atoms with Gasteiger partial charge in [0, 0.05) is 20.4 Å². The van der Waals surface area contributed by atoms with Crippen LogP contribution in [0.5, 0.6) is 11.5 Å². The third kappa shape index (κ3) is 6.02. The van der Waals surface area contributed by atoms with Gasteiger partial charge in [-0.25, -0.2) is 9.78 Å². The van der Waals surface area contributed by atoms with E-state index in [2.05, 4.69) is 37.0 Å². The predicted octanol–water partition coefficient (Wildman–Crippen LogP) is 7.21. The number of fused-ring (bicyclic) bond motifs is 2. The Morgan fingerprint density at radius 3 is 2.66 bits per heavy atom. The van der Waals surface area contributed by atoms with E-state index in [4.69, 9.17) is 35.2 Å². The molecule has 5 rings (SSSR count). The van der Waals surface area contributed by atoms with E-state index >= 15 is 0 Å². The normalized spacial score (nSPS) is 11.4. The quantitative estimate of drug-likeness (QED) is 0.118. The van der Waals surface area contributed by atoms with E-state index < -0.39 is 5.97 Å². The van der Waals surface area contributed by atoms with Crippen LogP contribution in [-0.4, -0.2) is 41.7 Å². The molecule has 210 valence electrons. The molecular weight excluding hydrogens is 682 g/mol. The number of carbonyl (C=O) groups is 1. The van der Waals surface area contributed by atoms with Crippen LogP contribution in [-0.2, 0) is 9.53 Å². The number of ether oxygens (including phenoxy) is 3. The Balaban J connectivity index is 1.62. The summed E-state index contributed by atoms with van der Waals surface area (Å²) in [5.74, 6) is 0.737. The molecule has 0 aliphatic rings. The van der Waals surface area contributed by atoms with E-state index in [0.717, 1.165) is 5.39 Å². The summed E-state index contributed by atoms with van der Waals surface area (Å²) in [6.07, 6.45) is 1.49. The van der Waals surface area contributed by atoms with Gasteiger partial charge < -0.3 is 18.6 Å². The molecule has 9 nitrogen and oxygen atoms in total. The summed E-state index contributed by atoms with van der Waals surface area (Å²) >= 11 is 13.2. The third-order valence-electron chi connectivity index (χ3n) is 5.86. The van der Waals surface area contributed by atoms with Crippen LogP contribution in [0.3, 0.4) is 0 Å². The van der Waals surface area contributed by atoms with Gasteiger partial charge >= 0.3 is 5.97 Å². The number of hydrogen-bond donors (Lipinski definition) is 0. The third-order valence-corrected chi connectivity index (χ3v) is 8.24. The Labute approximate surface area is 255 Å². The van der Waals surface area contributed by atoms with Gasteiger partial charge in [-0.3, -0.25) is 4.79 Å². The van der Waals surface area contributed by atoms with Gasteiger partial charge in [-0.05, 0) is 88.2 Å². The first-order valence-corrected chi connectivity index (χ1v) is 14.5. The van der Waals surface area contributed by atoms with Crippen molar-refractivity contribution in [3.05, 3.63) is 84.5 Å². The highest BCUT2D eigenvalue weighted by atomic mass is 79.9. The zero-order valence-corrected chi connectivity index (χ0v) is 25.7. The Hall–Kier alpha value is -3.67. The van der Waals surface area contributed by atoms with E-state index in [-0.39, 0.29) is 24.6 Å². The fourth-order valence-corrected chi connectivity index (χ4v) is 5.18. The molecule has 2 heterocycles. The summed E-state index contributed by atoms with van der Waals surface area (Å²) in [4.78, 5) is 30.2. The Bertz CT molecular complexity index is 1870. The van der Waals surface area contributed by atoms with Crippen LogP contribution in [0.4, 0.5) is 0 Å². The number of rotatable bonds is 9. The largest absolute Gasteiger partial charge is 0.490 e. The van der Waals surface area contributed by atoms with Crippen molar-refractivity contribution in [1.82, 2.24) is 9.66 Å². The van der Waals surface area contributed by atoms with E-state index in [0.29, 0.717) is 59.9 Å². The summed E-state index contributed by atoms with van der Waals surface area (Å²) in [5.41, 5.74) is 1.28. The number of carbonyl (C=O) groups excluding carboxylic acids is 1. The van der Waals surface area contributed by atoms with Crippen LogP contribution in [0.15, 0.2) is 77.9 Å². The topological polar surface area (TPSA) is 105 Å². The molecule has 0 radical (unpaired) electrons. The van der Waals surface area contributed by atoms with Crippen molar-refractivity contribution in [2.24, 2.45) is 5.10 Å². The molecule has 41 heavy (non-hydrogen) atoms. The minimum Gasteiger partial charge on any atom is -0.490 e. The van der Waals surface area contributed by atoms with Gasteiger partial charge in [0.1, 0.15) is 5.58 Å². The summed E-state index contributed by atoms with van der Waals surface area (Å²) in [7, 11) is 0. The van der Waals surface area contributed by atoms with Crippen molar-refractivity contribution in [3.63, 3.8) is 0 Å². The molecule has 0 saturated heterocycles. The Morgan fingerprint density at radius 1 is 1.07 bits per heavy atom. The summed E-state index contributed by atoms with van der Waals surface area (Å²) in [5, 5.41) is 6.24. The maximum Gasteiger partial charge on any atom is 0.344 e. The van der Waals surface area contributed by atoms with Crippen molar-refractivity contribution in [2.45, 2.75) is 13.8 Å². The fourth-order valence-electron chi connectivity index (χ4n) is 4.06. The highest BCUT2D eigenvalue weighted by Crippen LogP contribution is 2.42. The van der Waals surface area contributed by atoms with Gasteiger partial charge in [-0.1, -0.05) is 23.7 Å². The summed E-state index contributed by atoms with van der Waals surface area (Å²) < 4.78 is 24.7. The zero-order chi connectivity index (χ0) is 29.1. The SMILES string of the molecule is CCOC(=O)COc1c(OCC)cc(C=Nn2c(-c3cc4cc(Cl)ccc4o3)nc3ccccc3c2=O)c(Br)c1Br. The standard InChI is InChI=1S/C29H22Br2ClN3O6/c1-3-38-22-13-17(25(30)26(31)27(22)40-15-24(36)39-4-2)14-33-35-28(34-20-8-6-5-7-19(20)29(35)37)23-12-16-11-18(32)9-10-21(16)41-23/h5-14H,3-4,15H2,1-2H3. The first-order valence-electron chi connectivity index (χ1n) is 12.5.